The predicted molar refractivity (Wildman–Crippen MR) is 204 cm³/mol. The van der Waals surface area contributed by atoms with E-state index in [9.17, 15) is 0 Å². The Morgan fingerprint density at radius 1 is 0.417 bits per heavy atom. The number of nitrogens with zero attached hydrogens (tertiary/aromatic N) is 2. The first-order valence-electron chi connectivity index (χ1n) is 16.7. The van der Waals surface area contributed by atoms with Gasteiger partial charge in [0, 0.05) is 33.5 Å². The largest absolute Gasteiger partial charge is 0.314 e. The van der Waals surface area contributed by atoms with Crippen molar-refractivity contribution < 1.29 is 0 Å². The molecule has 9 rings (SSSR count). The van der Waals surface area contributed by atoms with Gasteiger partial charge in [-0.1, -0.05) is 133 Å². The Morgan fingerprint density at radius 3 is 1.81 bits per heavy atom. The SMILES string of the molecule is C1=C(N(c2ccccc2)c2cccc(-c3ccc(-c4ccccc4)cc3)c2)CCC(n2c3ccccc3c3c4ccccc4ccc32)=C1. The van der Waals surface area contributed by atoms with Gasteiger partial charge < -0.3 is 9.47 Å². The molecule has 0 aliphatic heterocycles. The Balaban J connectivity index is 1.12. The first-order valence-corrected chi connectivity index (χ1v) is 16.7. The number of hydrogen-bond donors (Lipinski definition) is 0. The van der Waals surface area contributed by atoms with E-state index in [-0.39, 0.29) is 0 Å². The Labute approximate surface area is 281 Å². The van der Waals surface area contributed by atoms with Crippen molar-refractivity contribution in [3.8, 4) is 22.3 Å². The van der Waals surface area contributed by atoms with Crippen LogP contribution in [0.15, 0.2) is 188 Å². The molecule has 7 aromatic carbocycles. The van der Waals surface area contributed by atoms with Crippen LogP contribution in [-0.2, 0) is 0 Å². The van der Waals surface area contributed by atoms with E-state index >= 15 is 0 Å². The average molecular weight is 615 g/mol. The molecule has 0 saturated carbocycles. The normalized spacial score (nSPS) is 13.1. The molecule has 2 nitrogen and oxygen atoms in total. The van der Waals surface area contributed by atoms with Crippen molar-refractivity contribution in [2.75, 3.05) is 4.90 Å². The number of aromatic nitrogens is 1. The molecule has 2 heteroatoms. The van der Waals surface area contributed by atoms with Crippen molar-refractivity contribution in [2.24, 2.45) is 0 Å². The van der Waals surface area contributed by atoms with Crippen LogP contribution >= 0.6 is 0 Å². The molecule has 0 atom stereocenters. The third kappa shape index (κ3) is 4.90. The third-order valence-electron chi connectivity index (χ3n) is 9.69. The van der Waals surface area contributed by atoms with E-state index in [1.54, 1.807) is 0 Å². The highest BCUT2D eigenvalue weighted by Gasteiger charge is 2.21. The molecule has 0 amide bonds. The summed E-state index contributed by atoms with van der Waals surface area (Å²) < 4.78 is 2.48. The van der Waals surface area contributed by atoms with Gasteiger partial charge >= 0.3 is 0 Å². The van der Waals surface area contributed by atoms with Gasteiger partial charge in [0.1, 0.15) is 0 Å². The molecule has 0 spiro atoms. The van der Waals surface area contributed by atoms with Crippen LogP contribution < -0.4 is 4.90 Å². The van der Waals surface area contributed by atoms with Crippen LogP contribution in [0.3, 0.4) is 0 Å². The zero-order valence-corrected chi connectivity index (χ0v) is 26.6. The van der Waals surface area contributed by atoms with E-state index in [2.05, 4.69) is 191 Å². The van der Waals surface area contributed by atoms with Gasteiger partial charge in [-0.05, 0) is 94.4 Å². The molecule has 1 aromatic heterocycles. The summed E-state index contributed by atoms with van der Waals surface area (Å²) in [5.41, 5.74) is 12.3. The summed E-state index contributed by atoms with van der Waals surface area (Å²) >= 11 is 0. The quantitative estimate of drug-likeness (QED) is 0.181. The van der Waals surface area contributed by atoms with Crippen LogP contribution in [0.2, 0.25) is 0 Å². The molecule has 0 radical (unpaired) electrons. The van der Waals surface area contributed by atoms with Gasteiger partial charge in [-0.15, -0.1) is 0 Å². The van der Waals surface area contributed by atoms with Gasteiger partial charge in [0.05, 0.1) is 11.0 Å². The van der Waals surface area contributed by atoms with Gasteiger partial charge in [0.25, 0.3) is 0 Å². The molecule has 1 heterocycles. The molecule has 8 aromatic rings. The summed E-state index contributed by atoms with van der Waals surface area (Å²) in [6.45, 7) is 0. The number of rotatable bonds is 6. The van der Waals surface area contributed by atoms with E-state index in [0.717, 1.165) is 18.5 Å². The molecule has 0 saturated heterocycles. The Bertz CT molecular complexity index is 2480. The molecule has 0 unspecified atom stereocenters. The molecule has 1 aliphatic rings. The number of allylic oxidation sites excluding steroid dienone is 4. The molecule has 48 heavy (non-hydrogen) atoms. The zero-order chi connectivity index (χ0) is 31.9. The van der Waals surface area contributed by atoms with Crippen LogP contribution in [0.5, 0.6) is 0 Å². The molecular formula is C46H34N2. The second-order valence-electron chi connectivity index (χ2n) is 12.5. The Morgan fingerprint density at radius 2 is 1.04 bits per heavy atom. The number of anilines is 2. The van der Waals surface area contributed by atoms with E-state index < -0.39 is 0 Å². The number of hydrogen-bond acceptors (Lipinski definition) is 1. The number of fused-ring (bicyclic) bond motifs is 5. The molecule has 0 fully saturated rings. The second-order valence-corrected chi connectivity index (χ2v) is 12.5. The summed E-state index contributed by atoms with van der Waals surface area (Å²) in [6.07, 6.45) is 6.53. The fourth-order valence-corrected chi connectivity index (χ4v) is 7.40. The van der Waals surface area contributed by atoms with Crippen molar-refractivity contribution in [3.05, 3.63) is 188 Å². The van der Waals surface area contributed by atoms with Crippen molar-refractivity contribution in [3.63, 3.8) is 0 Å². The first kappa shape index (κ1) is 28.1. The van der Waals surface area contributed by atoms with Crippen molar-refractivity contribution in [1.29, 1.82) is 0 Å². The van der Waals surface area contributed by atoms with E-state index in [1.165, 1.54) is 71.9 Å². The summed E-state index contributed by atoms with van der Waals surface area (Å²) in [7, 11) is 0. The Hall–Kier alpha value is -6.12. The van der Waals surface area contributed by atoms with Crippen molar-refractivity contribution >= 4 is 49.7 Å². The highest BCUT2D eigenvalue weighted by atomic mass is 15.1. The fourth-order valence-electron chi connectivity index (χ4n) is 7.40. The Kier molecular flexibility index (Phi) is 6.98. The monoisotopic (exact) mass is 614 g/mol. The van der Waals surface area contributed by atoms with Crippen molar-refractivity contribution in [1.82, 2.24) is 4.57 Å². The predicted octanol–water partition coefficient (Wildman–Crippen LogP) is 12.6. The maximum absolute atomic E-state index is 2.48. The third-order valence-corrected chi connectivity index (χ3v) is 9.69. The van der Waals surface area contributed by atoms with Crippen LogP contribution in [-0.4, -0.2) is 4.57 Å². The van der Waals surface area contributed by atoms with Crippen molar-refractivity contribution in [2.45, 2.75) is 12.8 Å². The van der Waals surface area contributed by atoms with Gasteiger partial charge in [0.2, 0.25) is 0 Å². The highest BCUT2D eigenvalue weighted by Crippen LogP contribution is 2.41. The van der Waals surface area contributed by atoms with Crippen LogP contribution in [0.1, 0.15) is 12.8 Å². The molecule has 228 valence electrons. The minimum Gasteiger partial charge on any atom is -0.314 e. The maximum atomic E-state index is 2.48. The second kappa shape index (κ2) is 11.9. The summed E-state index contributed by atoms with van der Waals surface area (Å²) in [5, 5.41) is 5.22. The first-order chi connectivity index (χ1) is 23.8. The van der Waals surface area contributed by atoms with Crippen LogP contribution in [0.4, 0.5) is 11.4 Å². The summed E-state index contributed by atoms with van der Waals surface area (Å²) in [6, 6.07) is 61.3. The van der Waals surface area contributed by atoms with Crippen LogP contribution in [0, 0.1) is 0 Å². The molecular weight excluding hydrogens is 581 g/mol. The average Bonchev–Trinajstić information content (AvgIpc) is 3.51. The fraction of sp³-hybridized carbons (Fsp3) is 0.0435. The lowest BCUT2D eigenvalue weighted by atomic mass is 9.99. The van der Waals surface area contributed by atoms with E-state index in [0.29, 0.717) is 0 Å². The van der Waals surface area contributed by atoms with E-state index in [1.807, 2.05) is 0 Å². The van der Waals surface area contributed by atoms with Gasteiger partial charge in [-0.25, -0.2) is 0 Å². The number of para-hydroxylation sites is 2. The topological polar surface area (TPSA) is 8.17 Å². The molecule has 1 aliphatic carbocycles. The van der Waals surface area contributed by atoms with E-state index in [4.69, 9.17) is 0 Å². The lowest BCUT2D eigenvalue weighted by Crippen LogP contribution is -2.18. The summed E-state index contributed by atoms with van der Waals surface area (Å²) in [4.78, 5) is 2.43. The minimum absolute atomic E-state index is 0.929. The number of benzene rings is 7. The van der Waals surface area contributed by atoms with Crippen LogP contribution in [0.25, 0.3) is 60.5 Å². The lowest BCUT2D eigenvalue weighted by Gasteiger charge is -2.30. The molecule has 0 N–H and O–H groups in total. The zero-order valence-electron chi connectivity index (χ0n) is 26.6. The molecule has 0 bridgehead atoms. The smallest absolute Gasteiger partial charge is 0.0544 e. The maximum Gasteiger partial charge on any atom is 0.0544 e. The van der Waals surface area contributed by atoms with Gasteiger partial charge in [0.15, 0.2) is 0 Å². The van der Waals surface area contributed by atoms with Gasteiger partial charge in [-0.2, -0.15) is 0 Å². The minimum atomic E-state index is 0.929. The van der Waals surface area contributed by atoms with Gasteiger partial charge in [-0.3, -0.25) is 0 Å². The standard InChI is InChI=1S/C46H34N2/c1-3-12-33(13-4-1)34-22-24-35(25-23-34)37-15-11-18-41(32-37)47(38-16-5-2-6-17-38)39-27-29-40(30-28-39)48-44-21-10-9-20-43(44)46-42-19-8-7-14-36(42)26-31-45(46)48/h1-27,29,31-32H,28,30H2. The highest BCUT2D eigenvalue weighted by molar-refractivity contribution is 6.21. The summed E-state index contributed by atoms with van der Waals surface area (Å²) in [5.74, 6) is 0. The lowest BCUT2D eigenvalue weighted by molar-refractivity contribution is 0.895.